The van der Waals surface area contributed by atoms with Gasteiger partial charge in [0.05, 0.1) is 12.8 Å². The van der Waals surface area contributed by atoms with Crippen LogP contribution in [0.1, 0.15) is 19.8 Å². The van der Waals surface area contributed by atoms with Crippen LogP contribution in [0.25, 0.3) is 0 Å². The van der Waals surface area contributed by atoms with Gasteiger partial charge in [-0.1, -0.05) is 6.92 Å². The number of nitrogens with zero attached hydrogens (tertiary/aromatic N) is 2. The van der Waals surface area contributed by atoms with Crippen molar-refractivity contribution < 1.29 is 13.2 Å². The van der Waals surface area contributed by atoms with E-state index in [1.165, 1.54) is 7.05 Å². The van der Waals surface area contributed by atoms with E-state index in [0.717, 1.165) is 36.5 Å². The Balaban J connectivity index is 2.33. The van der Waals surface area contributed by atoms with Crippen molar-refractivity contribution in [2.45, 2.75) is 25.8 Å². The number of likely N-dealkylation sites (tertiary alicyclic amines) is 1. The summed E-state index contributed by atoms with van der Waals surface area (Å²) in [6.45, 7) is 4.67. The van der Waals surface area contributed by atoms with Crippen LogP contribution < -0.4 is 5.32 Å². The second-order valence-corrected chi connectivity index (χ2v) is 6.84. The smallest absolute Gasteiger partial charge is 0.235 e. The molecule has 0 saturated carbocycles. The van der Waals surface area contributed by atoms with E-state index in [1.54, 1.807) is 0 Å². The second-order valence-electron chi connectivity index (χ2n) is 4.75. The lowest BCUT2D eigenvalue weighted by Crippen LogP contribution is -2.43. The molecule has 1 unspecified atom stereocenters. The molecule has 18 heavy (non-hydrogen) atoms. The largest absolute Gasteiger partial charge is 0.353 e. The van der Waals surface area contributed by atoms with E-state index < -0.39 is 10.0 Å². The number of carbonyl (C=O) groups is 1. The molecule has 0 aromatic rings. The summed E-state index contributed by atoms with van der Waals surface area (Å²) in [5.74, 6) is -0.245. The first-order valence-electron chi connectivity index (χ1n) is 6.26. The van der Waals surface area contributed by atoms with Crippen LogP contribution in [0.2, 0.25) is 0 Å². The highest BCUT2D eigenvalue weighted by molar-refractivity contribution is 7.88. The van der Waals surface area contributed by atoms with Gasteiger partial charge in [-0.25, -0.2) is 8.42 Å². The molecule has 0 aromatic heterocycles. The predicted octanol–water partition coefficient (Wildman–Crippen LogP) is -0.522. The minimum Gasteiger partial charge on any atom is -0.353 e. The molecule has 106 valence electrons. The molecule has 1 fully saturated rings. The normalized spacial score (nSPS) is 21.4. The average molecular weight is 277 g/mol. The summed E-state index contributed by atoms with van der Waals surface area (Å²) in [5, 5.41) is 2.81. The summed E-state index contributed by atoms with van der Waals surface area (Å²) in [5.41, 5.74) is 0. The van der Waals surface area contributed by atoms with Crippen LogP contribution in [0.15, 0.2) is 0 Å². The van der Waals surface area contributed by atoms with Gasteiger partial charge in [-0.05, 0) is 25.9 Å². The minimum atomic E-state index is -3.29. The van der Waals surface area contributed by atoms with Gasteiger partial charge >= 0.3 is 0 Å². The maximum atomic E-state index is 11.6. The van der Waals surface area contributed by atoms with Gasteiger partial charge in [0.2, 0.25) is 15.9 Å². The van der Waals surface area contributed by atoms with Gasteiger partial charge < -0.3 is 5.32 Å². The molecular formula is C11H23N3O3S. The number of likely N-dealkylation sites (N-methyl/N-ethyl adjacent to an activating group) is 2. The number of sulfonamides is 1. The Bertz CT molecular complexity index is 383. The Morgan fingerprint density at radius 1 is 1.50 bits per heavy atom. The lowest BCUT2D eigenvalue weighted by Gasteiger charge is -2.23. The lowest BCUT2D eigenvalue weighted by atomic mass is 10.2. The maximum Gasteiger partial charge on any atom is 0.235 e. The Morgan fingerprint density at radius 2 is 2.17 bits per heavy atom. The summed E-state index contributed by atoms with van der Waals surface area (Å²) in [4.78, 5) is 13.9. The van der Waals surface area contributed by atoms with Crippen LogP contribution in [-0.4, -0.2) is 69.1 Å². The molecule has 0 bridgehead atoms. The van der Waals surface area contributed by atoms with Crippen molar-refractivity contribution in [1.29, 1.82) is 0 Å². The van der Waals surface area contributed by atoms with Crippen LogP contribution in [-0.2, 0) is 14.8 Å². The average Bonchev–Trinajstić information content (AvgIpc) is 2.72. The predicted molar refractivity (Wildman–Crippen MR) is 70.8 cm³/mol. The van der Waals surface area contributed by atoms with E-state index in [9.17, 15) is 13.2 Å². The Labute approximate surface area is 109 Å². The van der Waals surface area contributed by atoms with Gasteiger partial charge in [-0.15, -0.1) is 0 Å². The number of rotatable bonds is 6. The highest BCUT2D eigenvalue weighted by Crippen LogP contribution is 2.15. The minimum absolute atomic E-state index is 0.113. The number of amides is 1. The molecule has 1 atom stereocenters. The van der Waals surface area contributed by atoms with Crippen molar-refractivity contribution in [3.63, 3.8) is 0 Å². The highest BCUT2D eigenvalue weighted by atomic mass is 32.2. The second kappa shape index (κ2) is 6.49. The quantitative estimate of drug-likeness (QED) is 0.709. The van der Waals surface area contributed by atoms with Gasteiger partial charge in [-0.3, -0.25) is 9.69 Å². The van der Waals surface area contributed by atoms with Crippen molar-refractivity contribution in [3.8, 4) is 0 Å². The van der Waals surface area contributed by atoms with Crippen LogP contribution in [0.4, 0.5) is 0 Å². The van der Waals surface area contributed by atoms with Gasteiger partial charge in [-0.2, -0.15) is 4.31 Å². The molecule has 1 rings (SSSR count). The Kier molecular flexibility index (Phi) is 5.55. The number of carbonyl (C=O) groups excluding carboxylic acids is 1. The lowest BCUT2D eigenvalue weighted by molar-refractivity contribution is -0.121. The summed E-state index contributed by atoms with van der Waals surface area (Å²) < 4.78 is 23.4. The highest BCUT2D eigenvalue weighted by Gasteiger charge is 2.23. The van der Waals surface area contributed by atoms with Crippen molar-refractivity contribution in [2.24, 2.45) is 0 Å². The van der Waals surface area contributed by atoms with Crippen LogP contribution in [0.3, 0.4) is 0 Å². The molecule has 1 amide bonds. The maximum absolute atomic E-state index is 11.6. The number of hydrogen-bond acceptors (Lipinski definition) is 4. The molecule has 0 spiro atoms. The third kappa shape index (κ3) is 4.55. The molecule has 0 aliphatic carbocycles. The first-order valence-corrected chi connectivity index (χ1v) is 8.11. The van der Waals surface area contributed by atoms with Crippen LogP contribution in [0, 0.1) is 0 Å². The zero-order valence-corrected chi connectivity index (χ0v) is 12.2. The molecule has 1 aliphatic rings. The molecule has 0 aromatic carbocycles. The summed E-state index contributed by atoms with van der Waals surface area (Å²) >= 11 is 0. The molecule has 1 aliphatic heterocycles. The Hall–Kier alpha value is -0.660. The van der Waals surface area contributed by atoms with E-state index in [4.69, 9.17) is 0 Å². The molecule has 1 saturated heterocycles. The summed E-state index contributed by atoms with van der Waals surface area (Å²) in [7, 11) is -1.88. The molecule has 6 nitrogen and oxygen atoms in total. The fourth-order valence-electron chi connectivity index (χ4n) is 2.15. The Morgan fingerprint density at radius 3 is 2.72 bits per heavy atom. The van der Waals surface area contributed by atoms with Crippen LogP contribution >= 0.6 is 0 Å². The number of hydrogen-bond donors (Lipinski definition) is 1. The third-order valence-electron chi connectivity index (χ3n) is 3.37. The molecule has 7 heteroatoms. The monoisotopic (exact) mass is 277 g/mol. The SMILES string of the molecule is CCN1CCCC1CNC(=O)CN(C)S(C)(=O)=O. The molecule has 0 radical (unpaired) electrons. The van der Waals surface area contributed by atoms with Gasteiger partial charge in [0, 0.05) is 19.6 Å². The van der Waals surface area contributed by atoms with Gasteiger partial charge in [0.15, 0.2) is 0 Å². The van der Waals surface area contributed by atoms with E-state index in [0.29, 0.717) is 12.6 Å². The van der Waals surface area contributed by atoms with E-state index in [1.807, 2.05) is 0 Å². The summed E-state index contributed by atoms with van der Waals surface area (Å²) in [6, 6.07) is 0.391. The van der Waals surface area contributed by atoms with Crippen molar-refractivity contribution in [2.75, 3.05) is 39.5 Å². The van der Waals surface area contributed by atoms with E-state index in [2.05, 4.69) is 17.1 Å². The van der Waals surface area contributed by atoms with Gasteiger partial charge in [0.25, 0.3) is 0 Å². The molecule has 1 heterocycles. The van der Waals surface area contributed by atoms with Gasteiger partial charge in [0.1, 0.15) is 0 Å². The van der Waals surface area contributed by atoms with E-state index >= 15 is 0 Å². The van der Waals surface area contributed by atoms with Crippen molar-refractivity contribution in [3.05, 3.63) is 0 Å². The third-order valence-corrected chi connectivity index (χ3v) is 4.63. The first-order chi connectivity index (χ1) is 8.34. The first kappa shape index (κ1) is 15.4. The van der Waals surface area contributed by atoms with Crippen LogP contribution in [0.5, 0.6) is 0 Å². The van der Waals surface area contributed by atoms with Crippen molar-refractivity contribution in [1.82, 2.24) is 14.5 Å². The van der Waals surface area contributed by atoms with Crippen molar-refractivity contribution >= 4 is 15.9 Å². The summed E-state index contributed by atoms with van der Waals surface area (Å²) in [6.07, 6.45) is 3.35. The fraction of sp³-hybridized carbons (Fsp3) is 0.909. The molecular weight excluding hydrogens is 254 g/mol. The zero-order valence-electron chi connectivity index (χ0n) is 11.3. The van der Waals surface area contributed by atoms with E-state index in [-0.39, 0.29) is 12.5 Å². The fourth-order valence-corrected chi connectivity index (χ4v) is 2.50. The topological polar surface area (TPSA) is 69.7 Å². The number of nitrogens with one attached hydrogen (secondary N) is 1. The standard InChI is InChI=1S/C11H23N3O3S/c1-4-14-7-5-6-10(14)8-12-11(15)9-13(2)18(3,16)17/h10H,4-9H2,1-3H3,(H,12,15). The zero-order chi connectivity index (χ0) is 13.8. The molecule has 1 N–H and O–H groups in total.